The number of nitrogens with zero attached hydrogens (tertiary/aromatic N) is 1. The molecule has 0 saturated carbocycles. The van der Waals surface area contributed by atoms with Crippen molar-refractivity contribution >= 4 is 11.9 Å². The third kappa shape index (κ3) is 4.92. The summed E-state index contributed by atoms with van der Waals surface area (Å²) in [6.07, 6.45) is 2.26. The zero-order valence-electron chi connectivity index (χ0n) is 10.2. The third-order valence-corrected chi connectivity index (χ3v) is 2.11. The van der Waals surface area contributed by atoms with E-state index in [0.717, 1.165) is 6.42 Å². The number of ether oxygens (including phenoxy) is 1. The lowest BCUT2D eigenvalue weighted by Crippen LogP contribution is -2.27. The molecule has 0 spiro atoms. The summed E-state index contributed by atoms with van der Waals surface area (Å²) in [6, 6.07) is 2.83. The number of hydrogen-bond donors (Lipinski definition) is 2. The van der Waals surface area contributed by atoms with Crippen molar-refractivity contribution < 1.29 is 19.4 Å². The SMILES string of the molecule is CCCOCC(=O)NCc1cc(C(=O)O)ccn1. The average molecular weight is 252 g/mol. The van der Waals surface area contributed by atoms with E-state index in [-0.39, 0.29) is 24.6 Å². The van der Waals surface area contributed by atoms with Crippen LogP contribution >= 0.6 is 0 Å². The van der Waals surface area contributed by atoms with Gasteiger partial charge in [0.25, 0.3) is 0 Å². The summed E-state index contributed by atoms with van der Waals surface area (Å²) in [7, 11) is 0. The number of hydrogen-bond acceptors (Lipinski definition) is 4. The maximum atomic E-state index is 11.3. The largest absolute Gasteiger partial charge is 0.478 e. The zero-order chi connectivity index (χ0) is 13.4. The Morgan fingerprint density at radius 3 is 2.94 bits per heavy atom. The summed E-state index contributed by atoms with van der Waals surface area (Å²) in [5.74, 6) is -1.26. The van der Waals surface area contributed by atoms with Crippen LogP contribution < -0.4 is 5.32 Å². The summed E-state index contributed by atoms with van der Waals surface area (Å²) in [4.78, 5) is 26.0. The number of carbonyl (C=O) groups is 2. The fourth-order valence-electron chi connectivity index (χ4n) is 1.26. The predicted molar refractivity (Wildman–Crippen MR) is 64.2 cm³/mol. The lowest BCUT2D eigenvalue weighted by atomic mass is 10.2. The van der Waals surface area contributed by atoms with E-state index in [1.54, 1.807) is 0 Å². The Kier molecular flexibility index (Phi) is 5.79. The van der Waals surface area contributed by atoms with Gasteiger partial charge in [-0.25, -0.2) is 4.79 Å². The highest BCUT2D eigenvalue weighted by molar-refractivity contribution is 5.87. The second-order valence-electron chi connectivity index (χ2n) is 3.67. The van der Waals surface area contributed by atoms with Crippen LogP contribution in [-0.2, 0) is 16.1 Å². The molecule has 0 aliphatic carbocycles. The molecule has 0 aliphatic heterocycles. The van der Waals surface area contributed by atoms with E-state index in [2.05, 4.69) is 10.3 Å². The number of amides is 1. The van der Waals surface area contributed by atoms with Crippen molar-refractivity contribution in [2.75, 3.05) is 13.2 Å². The third-order valence-electron chi connectivity index (χ3n) is 2.11. The van der Waals surface area contributed by atoms with Gasteiger partial charge < -0.3 is 15.2 Å². The molecule has 0 aliphatic rings. The maximum Gasteiger partial charge on any atom is 0.335 e. The Hall–Kier alpha value is -1.95. The summed E-state index contributed by atoms with van der Waals surface area (Å²) in [6.45, 7) is 2.70. The number of pyridine rings is 1. The molecule has 1 aromatic rings. The van der Waals surface area contributed by atoms with Crippen molar-refractivity contribution in [3.8, 4) is 0 Å². The summed E-state index contributed by atoms with van der Waals surface area (Å²) in [5, 5.41) is 11.4. The average Bonchev–Trinajstić information content (AvgIpc) is 2.37. The number of aromatic carboxylic acids is 1. The molecule has 6 heteroatoms. The molecule has 1 aromatic heterocycles. The van der Waals surface area contributed by atoms with Gasteiger partial charge in [-0.05, 0) is 18.6 Å². The van der Waals surface area contributed by atoms with Crippen molar-refractivity contribution in [3.05, 3.63) is 29.6 Å². The van der Waals surface area contributed by atoms with Crippen LogP contribution in [0.1, 0.15) is 29.4 Å². The van der Waals surface area contributed by atoms with Gasteiger partial charge in [-0.1, -0.05) is 6.92 Å². The Morgan fingerprint density at radius 1 is 1.50 bits per heavy atom. The quantitative estimate of drug-likeness (QED) is 0.701. The van der Waals surface area contributed by atoms with Gasteiger partial charge in [0.05, 0.1) is 17.8 Å². The molecular weight excluding hydrogens is 236 g/mol. The van der Waals surface area contributed by atoms with Crippen molar-refractivity contribution in [2.24, 2.45) is 0 Å². The first-order valence-corrected chi connectivity index (χ1v) is 5.66. The number of aromatic nitrogens is 1. The molecule has 0 aromatic carbocycles. The van der Waals surface area contributed by atoms with Crippen LogP contribution in [0.25, 0.3) is 0 Å². The second kappa shape index (κ2) is 7.39. The highest BCUT2D eigenvalue weighted by Crippen LogP contribution is 2.01. The van der Waals surface area contributed by atoms with E-state index in [1.165, 1.54) is 18.3 Å². The minimum absolute atomic E-state index is 0.00641. The number of carbonyl (C=O) groups excluding carboxylic acids is 1. The molecule has 1 heterocycles. The molecule has 0 unspecified atom stereocenters. The molecule has 0 atom stereocenters. The molecule has 1 rings (SSSR count). The highest BCUT2D eigenvalue weighted by Gasteiger charge is 2.05. The van der Waals surface area contributed by atoms with E-state index < -0.39 is 5.97 Å². The molecular formula is C12H16N2O4. The fourth-order valence-corrected chi connectivity index (χ4v) is 1.26. The van der Waals surface area contributed by atoms with Crippen LogP contribution in [0.3, 0.4) is 0 Å². The van der Waals surface area contributed by atoms with Crippen LogP contribution in [0, 0.1) is 0 Å². The van der Waals surface area contributed by atoms with Crippen LogP contribution in [0.5, 0.6) is 0 Å². The van der Waals surface area contributed by atoms with E-state index >= 15 is 0 Å². The van der Waals surface area contributed by atoms with Gasteiger partial charge in [0.15, 0.2) is 0 Å². The summed E-state index contributed by atoms with van der Waals surface area (Å²) >= 11 is 0. The topological polar surface area (TPSA) is 88.5 Å². The molecule has 6 nitrogen and oxygen atoms in total. The van der Waals surface area contributed by atoms with Gasteiger partial charge in [-0.3, -0.25) is 9.78 Å². The number of nitrogens with one attached hydrogen (secondary N) is 1. The van der Waals surface area contributed by atoms with Gasteiger partial charge in [0.2, 0.25) is 5.91 Å². The highest BCUT2D eigenvalue weighted by atomic mass is 16.5. The standard InChI is InChI=1S/C12H16N2O4/c1-2-5-18-8-11(15)14-7-10-6-9(12(16)17)3-4-13-10/h3-4,6H,2,5,7-8H2,1H3,(H,14,15)(H,16,17). The molecule has 0 fully saturated rings. The molecule has 0 saturated heterocycles. The van der Waals surface area contributed by atoms with Crippen LogP contribution in [-0.4, -0.2) is 35.2 Å². The first-order valence-electron chi connectivity index (χ1n) is 5.66. The van der Waals surface area contributed by atoms with Crippen molar-refractivity contribution in [1.29, 1.82) is 0 Å². The molecule has 98 valence electrons. The molecule has 0 bridgehead atoms. The fraction of sp³-hybridized carbons (Fsp3) is 0.417. The van der Waals surface area contributed by atoms with Crippen LogP contribution in [0.4, 0.5) is 0 Å². The normalized spacial score (nSPS) is 10.1. The van der Waals surface area contributed by atoms with Gasteiger partial charge in [-0.15, -0.1) is 0 Å². The maximum absolute atomic E-state index is 11.3. The lowest BCUT2D eigenvalue weighted by molar-refractivity contribution is -0.125. The Bertz CT molecular complexity index is 420. The minimum Gasteiger partial charge on any atom is -0.478 e. The van der Waals surface area contributed by atoms with E-state index in [1.807, 2.05) is 6.92 Å². The molecule has 18 heavy (non-hydrogen) atoms. The minimum atomic E-state index is -1.02. The van der Waals surface area contributed by atoms with Crippen molar-refractivity contribution in [3.63, 3.8) is 0 Å². The molecule has 1 amide bonds. The number of rotatable bonds is 7. The van der Waals surface area contributed by atoms with Gasteiger partial charge in [0, 0.05) is 12.8 Å². The van der Waals surface area contributed by atoms with Crippen LogP contribution in [0.15, 0.2) is 18.3 Å². The monoisotopic (exact) mass is 252 g/mol. The summed E-state index contributed by atoms with van der Waals surface area (Å²) in [5.41, 5.74) is 0.648. The predicted octanol–water partition coefficient (Wildman–Crippen LogP) is 0.823. The summed E-state index contributed by atoms with van der Waals surface area (Å²) < 4.78 is 5.07. The first-order chi connectivity index (χ1) is 8.63. The van der Waals surface area contributed by atoms with E-state index in [9.17, 15) is 9.59 Å². The van der Waals surface area contributed by atoms with Crippen molar-refractivity contribution in [1.82, 2.24) is 10.3 Å². The Labute approximate surface area is 105 Å². The van der Waals surface area contributed by atoms with Gasteiger partial charge in [0.1, 0.15) is 6.61 Å². The number of carboxylic acids is 1. The number of carboxylic acid groups (broad SMARTS) is 1. The lowest BCUT2D eigenvalue weighted by Gasteiger charge is -2.05. The van der Waals surface area contributed by atoms with Crippen molar-refractivity contribution in [2.45, 2.75) is 19.9 Å². The van der Waals surface area contributed by atoms with Gasteiger partial charge >= 0.3 is 5.97 Å². The van der Waals surface area contributed by atoms with E-state index in [0.29, 0.717) is 12.3 Å². The molecule has 0 radical (unpaired) electrons. The van der Waals surface area contributed by atoms with Gasteiger partial charge in [-0.2, -0.15) is 0 Å². The van der Waals surface area contributed by atoms with Crippen LogP contribution in [0.2, 0.25) is 0 Å². The second-order valence-corrected chi connectivity index (χ2v) is 3.67. The smallest absolute Gasteiger partial charge is 0.335 e. The first kappa shape index (κ1) is 14.1. The Balaban J connectivity index is 2.41. The zero-order valence-corrected chi connectivity index (χ0v) is 10.2. The molecule has 2 N–H and O–H groups in total. The Morgan fingerprint density at radius 2 is 2.28 bits per heavy atom. The van der Waals surface area contributed by atoms with E-state index in [4.69, 9.17) is 9.84 Å².